The van der Waals surface area contributed by atoms with Gasteiger partial charge in [-0.1, -0.05) is 0 Å². The molecule has 0 saturated carbocycles. The monoisotopic (exact) mass is 367 g/mol. The molecule has 1 heterocycles. The molecule has 0 unspecified atom stereocenters. The molecule has 1 fully saturated rings. The standard InChI is InChI=1S/C13H24F3N3O.2ClH/c14-13(15,16)10-19-8-4-11(5-9-19)3-7-18-12(20)2-1-6-17;;/h11H,1-10,17H2,(H,18,20);2*1H. The van der Waals surface area contributed by atoms with Gasteiger partial charge in [-0.05, 0) is 51.2 Å². The average Bonchev–Trinajstić information content (AvgIpc) is 2.37. The lowest BCUT2D eigenvalue weighted by molar-refractivity contribution is -0.148. The number of carbonyl (C=O) groups is 1. The molecule has 0 aromatic carbocycles. The minimum Gasteiger partial charge on any atom is -0.356 e. The molecule has 134 valence electrons. The average molecular weight is 368 g/mol. The van der Waals surface area contributed by atoms with Crippen molar-refractivity contribution in [3.63, 3.8) is 0 Å². The Morgan fingerprint density at radius 3 is 2.32 bits per heavy atom. The van der Waals surface area contributed by atoms with E-state index in [0.717, 1.165) is 19.3 Å². The van der Waals surface area contributed by atoms with Gasteiger partial charge >= 0.3 is 6.18 Å². The van der Waals surface area contributed by atoms with Gasteiger partial charge in [0.15, 0.2) is 0 Å². The van der Waals surface area contributed by atoms with E-state index >= 15 is 0 Å². The lowest BCUT2D eigenvalue weighted by atomic mass is 9.93. The van der Waals surface area contributed by atoms with Gasteiger partial charge in [-0.2, -0.15) is 13.2 Å². The lowest BCUT2D eigenvalue weighted by Gasteiger charge is -2.32. The van der Waals surface area contributed by atoms with Crippen LogP contribution in [0, 0.1) is 5.92 Å². The third-order valence-electron chi connectivity index (χ3n) is 3.59. The summed E-state index contributed by atoms with van der Waals surface area (Å²) in [6.45, 7) is 1.28. The summed E-state index contributed by atoms with van der Waals surface area (Å²) >= 11 is 0. The van der Waals surface area contributed by atoms with Gasteiger partial charge in [-0.25, -0.2) is 0 Å². The summed E-state index contributed by atoms with van der Waals surface area (Å²) in [6, 6.07) is 0. The number of nitrogens with two attached hydrogens (primary N) is 1. The second-order valence-corrected chi connectivity index (χ2v) is 5.37. The maximum absolute atomic E-state index is 12.2. The van der Waals surface area contributed by atoms with Crippen molar-refractivity contribution in [2.75, 3.05) is 32.7 Å². The van der Waals surface area contributed by atoms with Crippen LogP contribution in [0.3, 0.4) is 0 Å². The van der Waals surface area contributed by atoms with Crippen molar-refractivity contribution in [1.29, 1.82) is 0 Å². The van der Waals surface area contributed by atoms with Crippen LogP contribution in [0.5, 0.6) is 0 Å². The Labute approximate surface area is 142 Å². The number of rotatable bonds is 7. The molecule has 1 aliphatic heterocycles. The van der Waals surface area contributed by atoms with Crippen molar-refractivity contribution < 1.29 is 18.0 Å². The van der Waals surface area contributed by atoms with Crippen LogP contribution in [0.15, 0.2) is 0 Å². The summed E-state index contributed by atoms with van der Waals surface area (Å²) < 4.78 is 36.7. The number of hydrogen-bond acceptors (Lipinski definition) is 3. The van der Waals surface area contributed by atoms with Gasteiger partial charge in [0.1, 0.15) is 0 Å². The largest absolute Gasteiger partial charge is 0.401 e. The summed E-state index contributed by atoms with van der Waals surface area (Å²) in [7, 11) is 0. The maximum Gasteiger partial charge on any atom is 0.401 e. The predicted octanol–water partition coefficient (Wildman–Crippen LogP) is 2.35. The highest BCUT2D eigenvalue weighted by Crippen LogP contribution is 2.23. The number of likely N-dealkylation sites (tertiary alicyclic amines) is 1. The van der Waals surface area contributed by atoms with Gasteiger partial charge in [-0.15, -0.1) is 24.8 Å². The zero-order valence-corrected chi connectivity index (χ0v) is 14.2. The molecule has 0 aromatic heterocycles. The van der Waals surface area contributed by atoms with Gasteiger partial charge < -0.3 is 11.1 Å². The van der Waals surface area contributed by atoms with Gasteiger partial charge in [0, 0.05) is 13.0 Å². The van der Waals surface area contributed by atoms with Crippen LogP contribution in [-0.2, 0) is 4.79 Å². The van der Waals surface area contributed by atoms with Gasteiger partial charge in [0.2, 0.25) is 5.91 Å². The van der Waals surface area contributed by atoms with Crippen molar-refractivity contribution in [3.8, 4) is 0 Å². The van der Waals surface area contributed by atoms with Crippen LogP contribution in [0.1, 0.15) is 32.1 Å². The highest BCUT2D eigenvalue weighted by molar-refractivity contribution is 5.85. The Morgan fingerprint density at radius 2 is 1.82 bits per heavy atom. The predicted molar refractivity (Wildman–Crippen MR) is 85.6 cm³/mol. The Hall–Kier alpha value is -0.240. The summed E-state index contributed by atoms with van der Waals surface area (Å²) in [5, 5.41) is 2.83. The van der Waals surface area contributed by atoms with E-state index in [1.807, 2.05) is 0 Å². The summed E-state index contributed by atoms with van der Waals surface area (Å²) in [5.41, 5.74) is 5.31. The summed E-state index contributed by atoms with van der Waals surface area (Å²) in [6.07, 6.45) is -0.594. The third-order valence-corrected chi connectivity index (χ3v) is 3.59. The molecule has 22 heavy (non-hydrogen) atoms. The minimum absolute atomic E-state index is 0. The highest BCUT2D eigenvalue weighted by atomic mass is 35.5. The van der Waals surface area contributed by atoms with Crippen molar-refractivity contribution in [1.82, 2.24) is 10.2 Å². The highest BCUT2D eigenvalue weighted by Gasteiger charge is 2.32. The first-order valence-electron chi connectivity index (χ1n) is 7.16. The molecule has 1 amide bonds. The van der Waals surface area contributed by atoms with E-state index in [9.17, 15) is 18.0 Å². The van der Waals surface area contributed by atoms with Crippen molar-refractivity contribution in [3.05, 3.63) is 0 Å². The zero-order chi connectivity index (χ0) is 15.0. The fraction of sp³-hybridized carbons (Fsp3) is 0.923. The van der Waals surface area contributed by atoms with Crippen LogP contribution in [0.2, 0.25) is 0 Å². The summed E-state index contributed by atoms with van der Waals surface area (Å²) in [4.78, 5) is 12.8. The molecule has 3 N–H and O–H groups in total. The molecular weight excluding hydrogens is 342 g/mol. The molecule has 1 rings (SSSR count). The van der Waals surface area contributed by atoms with E-state index in [1.165, 1.54) is 4.90 Å². The van der Waals surface area contributed by atoms with E-state index in [2.05, 4.69) is 5.32 Å². The van der Waals surface area contributed by atoms with Crippen LogP contribution >= 0.6 is 24.8 Å². The first-order valence-corrected chi connectivity index (χ1v) is 7.16. The Balaban J connectivity index is 0. The molecule has 1 saturated heterocycles. The third kappa shape index (κ3) is 11.3. The van der Waals surface area contributed by atoms with Gasteiger partial charge in [0.25, 0.3) is 0 Å². The van der Waals surface area contributed by atoms with E-state index in [4.69, 9.17) is 5.73 Å². The van der Waals surface area contributed by atoms with Crippen molar-refractivity contribution in [2.24, 2.45) is 11.7 Å². The topological polar surface area (TPSA) is 58.4 Å². The van der Waals surface area contributed by atoms with Crippen molar-refractivity contribution >= 4 is 30.7 Å². The zero-order valence-electron chi connectivity index (χ0n) is 12.5. The molecule has 4 nitrogen and oxygen atoms in total. The molecular formula is C13H26Cl2F3N3O. The Kier molecular flexibility index (Phi) is 13.3. The van der Waals surface area contributed by atoms with E-state index < -0.39 is 12.7 Å². The fourth-order valence-electron chi connectivity index (χ4n) is 2.45. The number of carbonyl (C=O) groups excluding carboxylic acids is 1. The Bertz CT molecular complexity index is 299. The molecule has 0 aromatic rings. The molecule has 0 radical (unpaired) electrons. The minimum atomic E-state index is -4.11. The second kappa shape index (κ2) is 12.2. The van der Waals surface area contributed by atoms with Gasteiger partial charge in [0.05, 0.1) is 6.54 Å². The second-order valence-electron chi connectivity index (χ2n) is 5.37. The smallest absolute Gasteiger partial charge is 0.356 e. The first-order chi connectivity index (χ1) is 9.40. The van der Waals surface area contributed by atoms with E-state index in [0.29, 0.717) is 44.9 Å². The Morgan fingerprint density at radius 1 is 1.23 bits per heavy atom. The molecule has 1 aliphatic rings. The lowest BCUT2D eigenvalue weighted by Crippen LogP contribution is -2.40. The summed E-state index contributed by atoms with van der Waals surface area (Å²) in [5.74, 6) is 0.416. The number of hydrogen-bond donors (Lipinski definition) is 2. The van der Waals surface area contributed by atoms with Crippen LogP contribution < -0.4 is 11.1 Å². The number of alkyl halides is 3. The first kappa shape index (κ1) is 24.0. The number of nitrogens with one attached hydrogen (secondary N) is 1. The normalized spacial score (nSPS) is 16.5. The van der Waals surface area contributed by atoms with Crippen LogP contribution in [0.4, 0.5) is 13.2 Å². The van der Waals surface area contributed by atoms with E-state index in [-0.39, 0.29) is 30.7 Å². The van der Waals surface area contributed by atoms with Crippen LogP contribution in [-0.4, -0.2) is 49.7 Å². The molecule has 0 aliphatic carbocycles. The fourth-order valence-corrected chi connectivity index (χ4v) is 2.45. The van der Waals surface area contributed by atoms with E-state index in [1.54, 1.807) is 0 Å². The number of piperidine rings is 1. The maximum atomic E-state index is 12.2. The van der Waals surface area contributed by atoms with Crippen molar-refractivity contribution in [2.45, 2.75) is 38.3 Å². The number of nitrogens with zero attached hydrogens (tertiary/aromatic N) is 1. The quantitative estimate of drug-likeness (QED) is 0.725. The number of halogens is 5. The van der Waals surface area contributed by atoms with Crippen LogP contribution in [0.25, 0.3) is 0 Å². The molecule has 0 spiro atoms. The van der Waals surface area contributed by atoms with Gasteiger partial charge in [-0.3, -0.25) is 9.69 Å². The SMILES string of the molecule is Cl.Cl.NCCCC(=O)NCCC1CCN(CC(F)(F)F)CC1. The molecule has 9 heteroatoms. The molecule has 0 bridgehead atoms. The molecule has 0 atom stereocenters. The number of amides is 1.